The van der Waals surface area contributed by atoms with E-state index in [9.17, 15) is 0 Å². The Morgan fingerprint density at radius 2 is 1.70 bits per heavy atom. The van der Waals surface area contributed by atoms with Crippen molar-refractivity contribution in [1.29, 1.82) is 0 Å². The van der Waals surface area contributed by atoms with Crippen molar-refractivity contribution in [2.45, 2.75) is 13.8 Å². The van der Waals surface area contributed by atoms with E-state index in [1.807, 2.05) is 67.6 Å². The number of para-hydroxylation sites is 3. The molecule has 4 rings (SSSR count). The van der Waals surface area contributed by atoms with Crippen molar-refractivity contribution in [3.63, 3.8) is 0 Å². The van der Waals surface area contributed by atoms with Gasteiger partial charge in [-0.1, -0.05) is 48.0 Å². The Kier molecular flexibility index (Phi) is 4.71. The number of hydrogen-bond donors (Lipinski definition) is 1. The fraction of sp³-hybridized carbons (Fsp3) is 0.130. The van der Waals surface area contributed by atoms with Gasteiger partial charge in [0, 0.05) is 10.9 Å². The fourth-order valence-corrected chi connectivity index (χ4v) is 3.06. The number of aryl methyl sites for hydroxylation is 1. The number of aromatic nitrogens is 2. The maximum atomic E-state index is 5.75. The maximum absolute atomic E-state index is 5.75. The smallest absolute Gasteiger partial charge is 0.162 e. The number of fused-ring (bicyclic) bond motifs is 1. The Morgan fingerprint density at radius 1 is 0.889 bits per heavy atom. The molecule has 0 unspecified atom stereocenters. The summed E-state index contributed by atoms with van der Waals surface area (Å²) in [6.45, 7) is 4.66. The third kappa shape index (κ3) is 3.60. The summed E-state index contributed by atoms with van der Waals surface area (Å²) >= 11 is 0. The van der Waals surface area contributed by atoms with Gasteiger partial charge in [-0.25, -0.2) is 9.97 Å². The van der Waals surface area contributed by atoms with Crippen molar-refractivity contribution >= 4 is 22.4 Å². The molecule has 1 N–H and O–H groups in total. The number of hydrogen-bond acceptors (Lipinski definition) is 4. The second-order valence-corrected chi connectivity index (χ2v) is 6.34. The molecule has 0 fully saturated rings. The van der Waals surface area contributed by atoms with Crippen LogP contribution in [0.25, 0.3) is 22.3 Å². The SMILES string of the molecule is CCOc1ccccc1Nc1nc(-c2cccc(C)c2)nc2ccccc12. The summed E-state index contributed by atoms with van der Waals surface area (Å²) in [7, 11) is 0. The minimum absolute atomic E-state index is 0.609. The Balaban J connectivity index is 1.84. The molecule has 134 valence electrons. The van der Waals surface area contributed by atoms with Gasteiger partial charge >= 0.3 is 0 Å². The van der Waals surface area contributed by atoms with Crippen LogP contribution in [0, 0.1) is 6.92 Å². The van der Waals surface area contributed by atoms with Gasteiger partial charge < -0.3 is 10.1 Å². The van der Waals surface area contributed by atoms with Crippen LogP contribution in [-0.4, -0.2) is 16.6 Å². The Hall–Kier alpha value is -3.40. The zero-order valence-corrected chi connectivity index (χ0v) is 15.4. The summed E-state index contributed by atoms with van der Waals surface area (Å²) in [5.74, 6) is 2.28. The molecule has 0 saturated heterocycles. The molecule has 0 aliphatic heterocycles. The van der Waals surface area contributed by atoms with E-state index in [0.29, 0.717) is 12.4 Å². The van der Waals surface area contributed by atoms with Crippen LogP contribution < -0.4 is 10.1 Å². The first kappa shape index (κ1) is 17.0. The van der Waals surface area contributed by atoms with Gasteiger partial charge in [-0.05, 0) is 44.2 Å². The number of nitrogens with one attached hydrogen (secondary N) is 1. The van der Waals surface area contributed by atoms with Gasteiger partial charge in [0.25, 0.3) is 0 Å². The summed E-state index contributed by atoms with van der Waals surface area (Å²) in [6, 6.07) is 24.2. The molecule has 3 aromatic carbocycles. The van der Waals surface area contributed by atoms with Crippen molar-refractivity contribution in [2.75, 3.05) is 11.9 Å². The minimum atomic E-state index is 0.609. The third-order valence-corrected chi connectivity index (χ3v) is 4.32. The van der Waals surface area contributed by atoms with Gasteiger partial charge in [0.2, 0.25) is 0 Å². The molecular formula is C23H21N3O. The molecule has 1 aromatic heterocycles. The number of rotatable bonds is 5. The highest BCUT2D eigenvalue weighted by atomic mass is 16.5. The molecule has 4 aromatic rings. The highest BCUT2D eigenvalue weighted by Gasteiger charge is 2.11. The highest BCUT2D eigenvalue weighted by molar-refractivity contribution is 5.92. The Morgan fingerprint density at radius 3 is 2.56 bits per heavy atom. The average molecular weight is 355 g/mol. The summed E-state index contributed by atoms with van der Waals surface area (Å²) < 4.78 is 5.75. The normalized spacial score (nSPS) is 10.7. The largest absolute Gasteiger partial charge is 0.492 e. The van der Waals surface area contributed by atoms with Gasteiger partial charge in [-0.15, -0.1) is 0 Å². The van der Waals surface area contributed by atoms with Crippen LogP contribution in [0.2, 0.25) is 0 Å². The summed E-state index contributed by atoms with van der Waals surface area (Å²) in [4.78, 5) is 9.60. The highest BCUT2D eigenvalue weighted by Crippen LogP contribution is 2.31. The summed E-state index contributed by atoms with van der Waals surface area (Å²) in [5.41, 5.74) is 3.97. The monoisotopic (exact) mass is 355 g/mol. The van der Waals surface area contributed by atoms with Crippen LogP contribution in [0.1, 0.15) is 12.5 Å². The standard InChI is InChI=1S/C23H21N3O/c1-3-27-21-14-7-6-13-20(21)25-23-18-11-4-5-12-19(18)24-22(26-23)17-10-8-9-16(2)15-17/h4-15H,3H2,1-2H3,(H,24,25,26). The van der Waals surface area contributed by atoms with Crippen molar-refractivity contribution < 1.29 is 4.74 Å². The van der Waals surface area contributed by atoms with Gasteiger partial charge in [-0.3, -0.25) is 0 Å². The molecule has 0 radical (unpaired) electrons. The average Bonchev–Trinajstić information content (AvgIpc) is 2.69. The van der Waals surface area contributed by atoms with E-state index in [4.69, 9.17) is 14.7 Å². The quantitative estimate of drug-likeness (QED) is 0.495. The molecule has 0 atom stereocenters. The molecule has 0 spiro atoms. The minimum Gasteiger partial charge on any atom is -0.492 e. The lowest BCUT2D eigenvalue weighted by atomic mass is 10.1. The van der Waals surface area contributed by atoms with E-state index in [1.165, 1.54) is 5.56 Å². The van der Waals surface area contributed by atoms with E-state index >= 15 is 0 Å². The lowest BCUT2D eigenvalue weighted by Gasteiger charge is -2.14. The van der Waals surface area contributed by atoms with E-state index in [-0.39, 0.29) is 0 Å². The predicted molar refractivity (Wildman–Crippen MR) is 111 cm³/mol. The molecule has 1 heterocycles. The van der Waals surface area contributed by atoms with Gasteiger partial charge in [-0.2, -0.15) is 0 Å². The fourth-order valence-electron chi connectivity index (χ4n) is 3.06. The van der Waals surface area contributed by atoms with Gasteiger partial charge in [0.05, 0.1) is 17.8 Å². The van der Waals surface area contributed by atoms with Crippen LogP contribution in [0.3, 0.4) is 0 Å². The number of ether oxygens (including phenoxy) is 1. The van der Waals surface area contributed by atoms with E-state index in [2.05, 4.69) is 24.4 Å². The molecule has 4 heteroatoms. The first-order chi connectivity index (χ1) is 13.2. The van der Waals surface area contributed by atoms with E-state index < -0.39 is 0 Å². The predicted octanol–water partition coefficient (Wildman–Crippen LogP) is 5.75. The first-order valence-electron chi connectivity index (χ1n) is 9.07. The Bertz CT molecular complexity index is 1090. The zero-order valence-electron chi connectivity index (χ0n) is 15.4. The number of benzene rings is 3. The molecule has 0 saturated carbocycles. The van der Waals surface area contributed by atoms with Crippen molar-refractivity contribution in [3.8, 4) is 17.1 Å². The molecule has 0 amide bonds. The van der Waals surface area contributed by atoms with Crippen LogP contribution in [0.15, 0.2) is 72.8 Å². The molecule has 0 aliphatic carbocycles. The second kappa shape index (κ2) is 7.46. The molecular weight excluding hydrogens is 334 g/mol. The zero-order chi connectivity index (χ0) is 18.6. The Labute approximate surface area is 158 Å². The third-order valence-electron chi connectivity index (χ3n) is 4.32. The molecule has 0 bridgehead atoms. The van der Waals surface area contributed by atoms with Crippen LogP contribution in [0.5, 0.6) is 5.75 Å². The first-order valence-corrected chi connectivity index (χ1v) is 9.07. The number of nitrogens with zero attached hydrogens (tertiary/aromatic N) is 2. The maximum Gasteiger partial charge on any atom is 0.162 e. The second-order valence-electron chi connectivity index (χ2n) is 6.34. The van der Waals surface area contributed by atoms with E-state index in [0.717, 1.165) is 33.7 Å². The van der Waals surface area contributed by atoms with Gasteiger partial charge in [0.1, 0.15) is 11.6 Å². The van der Waals surface area contributed by atoms with E-state index in [1.54, 1.807) is 0 Å². The molecule has 27 heavy (non-hydrogen) atoms. The summed E-state index contributed by atoms with van der Waals surface area (Å²) in [6.07, 6.45) is 0. The molecule has 0 aliphatic rings. The topological polar surface area (TPSA) is 47.0 Å². The van der Waals surface area contributed by atoms with Crippen molar-refractivity contribution in [3.05, 3.63) is 78.4 Å². The summed E-state index contributed by atoms with van der Waals surface area (Å²) in [5, 5.41) is 4.42. The van der Waals surface area contributed by atoms with Crippen LogP contribution >= 0.6 is 0 Å². The lowest BCUT2D eigenvalue weighted by molar-refractivity contribution is 0.342. The van der Waals surface area contributed by atoms with Crippen molar-refractivity contribution in [2.24, 2.45) is 0 Å². The van der Waals surface area contributed by atoms with Crippen LogP contribution in [0.4, 0.5) is 11.5 Å². The van der Waals surface area contributed by atoms with Crippen LogP contribution in [-0.2, 0) is 0 Å². The molecule has 4 nitrogen and oxygen atoms in total. The van der Waals surface area contributed by atoms with Crippen molar-refractivity contribution in [1.82, 2.24) is 9.97 Å². The van der Waals surface area contributed by atoms with Gasteiger partial charge in [0.15, 0.2) is 5.82 Å². The lowest BCUT2D eigenvalue weighted by Crippen LogP contribution is -2.02. The number of anilines is 2.